The maximum Gasteiger partial charge on any atom is 0.293 e. The molecule has 0 aromatic heterocycles. The smallest absolute Gasteiger partial charge is 0.293 e. The molecule has 0 amide bonds. The second kappa shape index (κ2) is 7.43. The van der Waals surface area contributed by atoms with E-state index in [1.54, 1.807) is 0 Å². The first kappa shape index (κ1) is 18.3. The van der Waals surface area contributed by atoms with Gasteiger partial charge in [0.15, 0.2) is 0 Å². The Kier molecular flexibility index (Phi) is 5.24. The van der Waals surface area contributed by atoms with E-state index in [9.17, 15) is 18.5 Å². The molecule has 3 rings (SSSR count). The monoisotopic (exact) mass is 375 g/mol. The molecule has 0 heterocycles. The summed E-state index contributed by atoms with van der Waals surface area (Å²) in [6, 6.07) is 13.5. The van der Waals surface area contributed by atoms with Crippen molar-refractivity contribution in [1.29, 1.82) is 0 Å². The first-order valence-corrected chi connectivity index (χ1v) is 10.0. The van der Waals surface area contributed by atoms with Crippen LogP contribution in [0.2, 0.25) is 0 Å². The number of anilines is 1. The largest absolute Gasteiger partial charge is 0.372 e. The normalized spacial score (nSPS) is 16.3. The fraction of sp³-hybridized carbons (Fsp3) is 0.333. The van der Waals surface area contributed by atoms with Crippen LogP contribution in [0, 0.1) is 16.0 Å². The highest BCUT2D eigenvalue weighted by molar-refractivity contribution is 7.89. The molecule has 0 bridgehead atoms. The van der Waals surface area contributed by atoms with Crippen LogP contribution in [0.1, 0.15) is 37.3 Å². The highest BCUT2D eigenvalue weighted by atomic mass is 32.2. The molecular formula is C18H21N3O4S. The van der Waals surface area contributed by atoms with Crippen molar-refractivity contribution in [2.24, 2.45) is 11.1 Å². The first-order valence-electron chi connectivity index (χ1n) is 8.49. The third kappa shape index (κ3) is 4.03. The number of benzene rings is 2. The van der Waals surface area contributed by atoms with Gasteiger partial charge in [0.05, 0.1) is 15.9 Å². The van der Waals surface area contributed by atoms with Gasteiger partial charge in [0.2, 0.25) is 10.0 Å². The first-order chi connectivity index (χ1) is 12.4. The van der Waals surface area contributed by atoms with Crippen molar-refractivity contribution in [2.75, 3.05) is 5.32 Å². The summed E-state index contributed by atoms with van der Waals surface area (Å²) in [5.41, 5.74) is 1.06. The van der Waals surface area contributed by atoms with Crippen molar-refractivity contribution < 1.29 is 13.3 Å². The van der Waals surface area contributed by atoms with E-state index in [-0.39, 0.29) is 16.6 Å². The van der Waals surface area contributed by atoms with Gasteiger partial charge in [0.25, 0.3) is 5.69 Å². The minimum absolute atomic E-state index is 0.0715. The number of sulfonamides is 1. The molecule has 0 radical (unpaired) electrons. The number of nitrogens with two attached hydrogens (primary N) is 1. The van der Waals surface area contributed by atoms with E-state index in [0.717, 1.165) is 37.3 Å². The van der Waals surface area contributed by atoms with Crippen LogP contribution in [-0.4, -0.2) is 13.3 Å². The Labute approximate surface area is 152 Å². The van der Waals surface area contributed by atoms with Gasteiger partial charge in [-0.15, -0.1) is 0 Å². The summed E-state index contributed by atoms with van der Waals surface area (Å²) in [5, 5.41) is 19.9. The summed E-state index contributed by atoms with van der Waals surface area (Å²) in [4.78, 5) is 10.6. The summed E-state index contributed by atoms with van der Waals surface area (Å²) < 4.78 is 23.0. The maximum atomic E-state index is 11.5. The van der Waals surface area contributed by atoms with Gasteiger partial charge in [0.1, 0.15) is 5.69 Å². The van der Waals surface area contributed by atoms with Crippen molar-refractivity contribution in [3.63, 3.8) is 0 Å². The average Bonchev–Trinajstić information content (AvgIpc) is 3.13. The highest BCUT2D eigenvalue weighted by Crippen LogP contribution is 2.39. The Bertz CT molecular complexity index is 894. The zero-order valence-corrected chi connectivity index (χ0v) is 15.0. The lowest BCUT2D eigenvalue weighted by Gasteiger charge is -2.26. The molecule has 0 saturated heterocycles. The molecule has 1 unspecified atom stereocenters. The Morgan fingerprint density at radius 3 is 2.35 bits per heavy atom. The van der Waals surface area contributed by atoms with Crippen LogP contribution in [0.15, 0.2) is 53.4 Å². The summed E-state index contributed by atoms with van der Waals surface area (Å²) in [6.45, 7) is 0. The molecule has 0 spiro atoms. The zero-order chi connectivity index (χ0) is 18.7. The maximum absolute atomic E-state index is 11.5. The molecule has 1 fully saturated rings. The van der Waals surface area contributed by atoms with Crippen LogP contribution < -0.4 is 10.5 Å². The van der Waals surface area contributed by atoms with Gasteiger partial charge in [0, 0.05) is 6.07 Å². The number of hydrogen-bond acceptors (Lipinski definition) is 5. The minimum Gasteiger partial charge on any atom is -0.372 e. The molecule has 138 valence electrons. The van der Waals surface area contributed by atoms with Gasteiger partial charge in [-0.25, -0.2) is 13.6 Å². The molecule has 8 heteroatoms. The number of nitro groups is 1. The van der Waals surface area contributed by atoms with Gasteiger partial charge in [-0.2, -0.15) is 0 Å². The van der Waals surface area contributed by atoms with E-state index in [2.05, 4.69) is 5.32 Å². The fourth-order valence-corrected chi connectivity index (χ4v) is 4.09. The van der Waals surface area contributed by atoms with Crippen LogP contribution in [0.5, 0.6) is 0 Å². The third-order valence-electron chi connectivity index (χ3n) is 4.84. The average molecular weight is 375 g/mol. The van der Waals surface area contributed by atoms with Crippen molar-refractivity contribution in [1.82, 2.24) is 0 Å². The number of nitrogens with one attached hydrogen (secondary N) is 1. The lowest BCUT2D eigenvalue weighted by atomic mass is 9.91. The number of rotatable bonds is 6. The summed E-state index contributed by atoms with van der Waals surface area (Å²) in [5.74, 6) is 0.370. The van der Waals surface area contributed by atoms with Crippen LogP contribution in [0.4, 0.5) is 11.4 Å². The van der Waals surface area contributed by atoms with Crippen LogP contribution in [0.3, 0.4) is 0 Å². The van der Waals surface area contributed by atoms with Gasteiger partial charge in [-0.05, 0) is 36.5 Å². The minimum atomic E-state index is -4.00. The molecule has 1 atom stereocenters. The number of hydrogen-bond donors (Lipinski definition) is 2. The van der Waals surface area contributed by atoms with Crippen molar-refractivity contribution in [2.45, 2.75) is 36.6 Å². The molecular weight excluding hydrogens is 354 g/mol. The Morgan fingerprint density at radius 2 is 1.77 bits per heavy atom. The fourth-order valence-electron chi connectivity index (χ4n) is 3.55. The SMILES string of the molecule is NS(=O)(=O)c1ccc(NC(c2ccccc2)C2CCCC2)c([N+](=O)[O-])c1. The highest BCUT2D eigenvalue weighted by Gasteiger charge is 2.28. The second-order valence-corrected chi connectivity index (χ2v) is 8.12. The Hall–Kier alpha value is -2.45. The summed E-state index contributed by atoms with van der Waals surface area (Å²) >= 11 is 0. The quantitative estimate of drug-likeness (QED) is 0.591. The van der Waals surface area contributed by atoms with Gasteiger partial charge < -0.3 is 5.32 Å². The van der Waals surface area contributed by atoms with Crippen molar-refractivity contribution in [3.05, 3.63) is 64.2 Å². The lowest BCUT2D eigenvalue weighted by molar-refractivity contribution is -0.384. The molecule has 1 saturated carbocycles. The second-order valence-electron chi connectivity index (χ2n) is 6.56. The molecule has 1 aliphatic carbocycles. The van der Waals surface area contributed by atoms with E-state index >= 15 is 0 Å². The van der Waals surface area contributed by atoms with E-state index < -0.39 is 14.9 Å². The predicted molar refractivity (Wildman–Crippen MR) is 99.2 cm³/mol. The summed E-state index contributed by atoms with van der Waals surface area (Å²) in [6.07, 6.45) is 4.38. The Balaban J connectivity index is 1.99. The molecule has 0 aliphatic heterocycles. The van der Waals surface area contributed by atoms with Crippen LogP contribution in [0.25, 0.3) is 0 Å². The standard InChI is InChI=1S/C18H21N3O4S/c19-26(24,25)15-10-11-16(17(12-15)21(22)23)20-18(14-8-4-5-9-14)13-6-2-1-3-7-13/h1-3,6-7,10-12,14,18,20H,4-5,8-9H2,(H2,19,24,25). The van der Waals surface area contributed by atoms with Gasteiger partial charge >= 0.3 is 0 Å². The van der Waals surface area contributed by atoms with E-state index in [4.69, 9.17) is 5.14 Å². The Morgan fingerprint density at radius 1 is 1.12 bits per heavy atom. The number of nitrogens with zero attached hydrogens (tertiary/aromatic N) is 1. The topological polar surface area (TPSA) is 115 Å². The van der Waals surface area contributed by atoms with Crippen LogP contribution >= 0.6 is 0 Å². The van der Waals surface area contributed by atoms with E-state index in [1.807, 2.05) is 30.3 Å². The molecule has 2 aromatic rings. The number of primary sulfonamides is 1. The van der Waals surface area contributed by atoms with Crippen molar-refractivity contribution >= 4 is 21.4 Å². The number of nitro benzene ring substituents is 1. The van der Waals surface area contributed by atoms with Crippen molar-refractivity contribution in [3.8, 4) is 0 Å². The van der Waals surface area contributed by atoms with Gasteiger partial charge in [-0.3, -0.25) is 10.1 Å². The van der Waals surface area contributed by atoms with Crippen LogP contribution in [-0.2, 0) is 10.0 Å². The predicted octanol–water partition coefficient (Wildman–Crippen LogP) is 3.59. The summed E-state index contributed by atoms with van der Waals surface area (Å²) in [7, 11) is -4.00. The zero-order valence-electron chi connectivity index (χ0n) is 14.2. The molecule has 26 heavy (non-hydrogen) atoms. The molecule has 7 nitrogen and oxygen atoms in total. The van der Waals surface area contributed by atoms with E-state index in [0.29, 0.717) is 11.6 Å². The lowest BCUT2D eigenvalue weighted by Crippen LogP contribution is -2.20. The molecule has 2 aromatic carbocycles. The van der Waals surface area contributed by atoms with Gasteiger partial charge in [-0.1, -0.05) is 43.2 Å². The van der Waals surface area contributed by atoms with E-state index in [1.165, 1.54) is 12.1 Å². The molecule has 1 aliphatic rings. The molecule has 3 N–H and O–H groups in total. The third-order valence-corrected chi connectivity index (χ3v) is 5.75.